The average molecular weight is 344 g/mol. The molecule has 1 aromatic rings. The predicted octanol–water partition coefficient (Wildman–Crippen LogP) is 0.730. The molecule has 3 N–H and O–H groups in total. The third-order valence-corrected chi connectivity index (χ3v) is 4.77. The number of benzene rings is 1. The lowest BCUT2D eigenvalue weighted by molar-refractivity contribution is -0.161. The van der Waals surface area contributed by atoms with Crippen molar-refractivity contribution in [2.75, 3.05) is 0 Å². The number of aliphatic carboxylic acids is 1. The Morgan fingerprint density at radius 1 is 1.32 bits per heavy atom. The Bertz CT molecular complexity index is 766. The van der Waals surface area contributed by atoms with Crippen molar-refractivity contribution in [1.29, 1.82) is 0 Å². The Balaban J connectivity index is 1.87. The molecule has 7 nitrogen and oxygen atoms in total. The first-order valence-corrected chi connectivity index (χ1v) is 8.12. The molecule has 132 valence electrons. The van der Waals surface area contributed by atoms with Crippen LogP contribution < -0.4 is 5.32 Å². The van der Waals surface area contributed by atoms with Crippen molar-refractivity contribution < 1.29 is 24.6 Å². The van der Waals surface area contributed by atoms with E-state index in [1.807, 2.05) is 12.1 Å². The summed E-state index contributed by atoms with van der Waals surface area (Å²) in [5.41, 5.74) is 2.23. The average Bonchev–Trinajstić information content (AvgIpc) is 2.88. The molecule has 2 amide bonds. The highest BCUT2D eigenvalue weighted by Crippen LogP contribution is 2.46. The van der Waals surface area contributed by atoms with E-state index in [4.69, 9.17) is 0 Å². The Labute approximate surface area is 144 Å². The monoisotopic (exact) mass is 344 g/mol. The molecule has 0 radical (unpaired) electrons. The van der Waals surface area contributed by atoms with E-state index in [1.54, 1.807) is 19.1 Å². The van der Waals surface area contributed by atoms with E-state index in [0.717, 1.165) is 11.1 Å². The van der Waals surface area contributed by atoms with E-state index in [2.05, 4.69) is 5.32 Å². The molecule has 0 bridgehead atoms. The third kappa shape index (κ3) is 2.91. The molecule has 1 aromatic carbocycles. The van der Waals surface area contributed by atoms with Gasteiger partial charge >= 0.3 is 5.97 Å². The van der Waals surface area contributed by atoms with Crippen molar-refractivity contribution in [3.8, 4) is 0 Å². The molecule has 3 atom stereocenters. The molecule has 0 saturated carbocycles. The van der Waals surface area contributed by atoms with E-state index in [1.165, 1.54) is 11.8 Å². The highest BCUT2D eigenvalue weighted by Gasteiger charge is 2.56. The van der Waals surface area contributed by atoms with Gasteiger partial charge in [0.2, 0.25) is 11.8 Å². The van der Waals surface area contributed by atoms with E-state index in [-0.39, 0.29) is 23.6 Å². The van der Waals surface area contributed by atoms with Crippen molar-refractivity contribution in [2.45, 2.75) is 39.0 Å². The smallest absolute Gasteiger partial charge is 0.352 e. The minimum atomic E-state index is -1.14. The summed E-state index contributed by atoms with van der Waals surface area (Å²) in [5.74, 6) is -2.15. The van der Waals surface area contributed by atoms with Crippen LogP contribution in [0.4, 0.5) is 0 Å². The van der Waals surface area contributed by atoms with Crippen LogP contribution in [0.3, 0.4) is 0 Å². The molecular formula is C18H20N2O5. The van der Waals surface area contributed by atoms with Crippen molar-refractivity contribution in [1.82, 2.24) is 10.2 Å². The summed E-state index contributed by atoms with van der Waals surface area (Å²) in [4.78, 5) is 36.1. The van der Waals surface area contributed by atoms with Gasteiger partial charge in [0, 0.05) is 13.5 Å². The van der Waals surface area contributed by atoms with Crippen LogP contribution in [0.1, 0.15) is 31.4 Å². The van der Waals surface area contributed by atoms with Crippen LogP contribution in [-0.4, -0.2) is 45.0 Å². The van der Waals surface area contributed by atoms with Crippen LogP contribution in [0.2, 0.25) is 0 Å². The van der Waals surface area contributed by atoms with Crippen molar-refractivity contribution in [3.05, 3.63) is 41.1 Å². The number of hydrogen-bond donors (Lipinski definition) is 3. The Kier molecular flexibility index (Phi) is 4.34. The first-order chi connectivity index (χ1) is 11.8. The van der Waals surface area contributed by atoms with Crippen molar-refractivity contribution in [2.24, 2.45) is 5.92 Å². The van der Waals surface area contributed by atoms with Crippen molar-refractivity contribution >= 4 is 23.4 Å². The number of nitrogens with one attached hydrogen (secondary N) is 1. The number of β-lactam (4-membered cyclic amide) rings is 1. The number of aliphatic hydroxyl groups is 1. The number of hydrogen-bond acceptors (Lipinski definition) is 4. The lowest BCUT2D eigenvalue weighted by Gasteiger charge is -2.44. The van der Waals surface area contributed by atoms with Gasteiger partial charge in [-0.25, -0.2) is 4.79 Å². The van der Waals surface area contributed by atoms with Gasteiger partial charge < -0.3 is 20.4 Å². The molecule has 1 fully saturated rings. The molecule has 2 aliphatic heterocycles. The summed E-state index contributed by atoms with van der Waals surface area (Å²) in [5, 5.41) is 22.0. The number of carbonyl (C=O) groups is 3. The molecule has 0 unspecified atom stereocenters. The first-order valence-electron chi connectivity index (χ1n) is 8.12. The fourth-order valence-electron chi connectivity index (χ4n) is 3.58. The van der Waals surface area contributed by atoms with E-state index >= 15 is 0 Å². The summed E-state index contributed by atoms with van der Waals surface area (Å²) in [6.07, 6.45) is -0.392. The number of amides is 2. The molecule has 2 aliphatic rings. The molecule has 0 aromatic heterocycles. The number of carboxylic acids is 1. The Morgan fingerprint density at radius 3 is 2.48 bits per heavy atom. The van der Waals surface area contributed by atoms with Gasteiger partial charge in [0.1, 0.15) is 5.70 Å². The van der Waals surface area contributed by atoms with Gasteiger partial charge in [0.15, 0.2) is 0 Å². The zero-order valence-electron chi connectivity index (χ0n) is 14.0. The quantitative estimate of drug-likeness (QED) is 0.683. The number of aliphatic hydroxyl groups excluding tert-OH is 1. The van der Waals surface area contributed by atoms with Crippen LogP contribution >= 0.6 is 0 Å². The van der Waals surface area contributed by atoms with E-state index in [9.17, 15) is 24.6 Å². The second kappa shape index (κ2) is 6.33. The maximum atomic E-state index is 12.2. The van der Waals surface area contributed by atoms with Gasteiger partial charge in [-0.1, -0.05) is 24.3 Å². The zero-order valence-corrected chi connectivity index (χ0v) is 14.0. The van der Waals surface area contributed by atoms with Gasteiger partial charge in [-0.05, 0) is 30.0 Å². The van der Waals surface area contributed by atoms with Gasteiger partial charge in [-0.15, -0.1) is 0 Å². The van der Waals surface area contributed by atoms with Crippen LogP contribution in [0.15, 0.2) is 30.0 Å². The molecular weight excluding hydrogens is 324 g/mol. The second-order valence-electron chi connectivity index (χ2n) is 6.49. The first kappa shape index (κ1) is 17.2. The number of fused-ring (bicyclic) bond motifs is 1. The highest BCUT2D eigenvalue weighted by molar-refractivity contribution is 6.06. The summed E-state index contributed by atoms with van der Waals surface area (Å²) in [7, 11) is 0. The lowest BCUT2D eigenvalue weighted by Crippen LogP contribution is -2.61. The lowest BCUT2D eigenvalue weighted by atomic mass is 9.82. The number of nitrogens with zero attached hydrogens (tertiary/aromatic N) is 1. The molecule has 2 heterocycles. The SMILES string of the molecule is CC(=O)NCc1ccc(C2=C(C(=O)O)N3C(=O)[C@H]([C@@H](C)O)[C@H]3C2)cc1. The number of carboxylic acid groups (broad SMARTS) is 1. The maximum Gasteiger partial charge on any atom is 0.352 e. The second-order valence-corrected chi connectivity index (χ2v) is 6.49. The van der Waals surface area contributed by atoms with E-state index in [0.29, 0.717) is 18.5 Å². The highest BCUT2D eigenvalue weighted by atomic mass is 16.4. The van der Waals surface area contributed by atoms with Crippen LogP contribution in [0, 0.1) is 5.92 Å². The third-order valence-electron chi connectivity index (χ3n) is 4.77. The topological polar surface area (TPSA) is 107 Å². The maximum absolute atomic E-state index is 12.2. The fourth-order valence-corrected chi connectivity index (χ4v) is 3.58. The molecule has 25 heavy (non-hydrogen) atoms. The fraction of sp³-hybridized carbons (Fsp3) is 0.389. The Morgan fingerprint density at radius 2 is 1.96 bits per heavy atom. The van der Waals surface area contributed by atoms with Crippen LogP contribution in [0.5, 0.6) is 0 Å². The minimum Gasteiger partial charge on any atom is -0.477 e. The summed E-state index contributed by atoms with van der Waals surface area (Å²) >= 11 is 0. The van der Waals surface area contributed by atoms with Crippen LogP contribution in [-0.2, 0) is 20.9 Å². The molecule has 0 spiro atoms. The van der Waals surface area contributed by atoms with Gasteiger partial charge in [-0.3, -0.25) is 9.59 Å². The van der Waals surface area contributed by atoms with E-state index < -0.39 is 18.0 Å². The normalized spacial score (nSPS) is 23.2. The molecule has 3 rings (SSSR count). The molecule has 0 aliphatic carbocycles. The summed E-state index contributed by atoms with van der Waals surface area (Å²) < 4.78 is 0. The molecule has 1 saturated heterocycles. The van der Waals surface area contributed by atoms with Gasteiger partial charge in [0.05, 0.1) is 18.1 Å². The molecule has 7 heteroatoms. The Hall–Kier alpha value is -2.67. The summed E-state index contributed by atoms with van der Waals surface area (Å²) in [6.45, 7) is 3.39. The van der Waals surface area contributed by atoms with Crippen molar-refractivity contribution in [3.63, 3.8) is 0 Å². The summed E-state index contributed by atoms with van der Waals surface area (Å²) in [6, 6.07) is 6.93. The number of carbonyl (C=O) groups excluding carboxylic acids is 2. The zero-order chi connectivity index (χ0) is 18.3. The number of rotatable bonds is 5. The largest absolute Gasteiger partial charge is 0.477 e. The predicted molar refractivity (Wildman–Crippen MR) is 88.9 cm³/mol. The standard InChI is InChI=1S/C18H20N2O5/c1-9(21)15-14-7-13(16(18(24)25)20(14)17(15)23)12-5-3-11(4-6-12)8-19-10(2)22/h3-6,9,14-15,21H,7-8H2,1-2H3,(H,19,22)(H,24,25)/t9-,14-,15-/m1/s1. The van der Waals surface area contributed by atoms with Crippen LogP contribution in [0.25, 0.3) is 5.57 Å². The van der Waals surface area contributed by atoms with Gasteiger partial charge in [0.25, 0.3) is 0 Å². The minimum absolute atomic E-state index is 0.00140. The van der Waals surface area contributed by atoms with Gasteiger partial charge in [-0.2, -0.15) is 0 Å².